The first kappa shape index (κ1) is 16.6. The predicted octanol–water partition coefficient (Wildman–Crippen LogP) is 2.29. The number of aromatic nitrogens is 2. The van der Waals surface area contributed by atoms with Crippen molar-refractivity contribution < 1.29 is 5.11 Å². The van der Waals surface area contributed by atoms with E-state index in [-0.39, 0.29) is 28.3 Å². The van der Waals surface area contributed by atoms with E-state index in [4.69, 9.17) is 18.0 Å². The van der Waals surface area contributed by atoms with E-state index in [1.807, 2.05) is 18.2 Å². The Kier molecular flexibility index (Phi) is 4.92. The van der Waals surface area contributed by atoms with Crippen molar-refractivity contribution in [1.82, 2.24) is 9.55 Å². The Morgan fingerprint density at radius 2 is 2.00 bits per heavy atom. The highest BCUT2D eigenvalue weighted by atomic mass is 32.1. The lowest BCUT2D eigenvalue weighted by atomic mass is 9.91. The van der Waals surface area contributed by atoms with Gasteiger partial charge in [0.1, 0.15) is 5.56 Å². The third-order valence-corrected chi connectivity index (χ3v) is 4.60. The monoisotopic (exact) mass is 344 g/mol. The summed E-state index contributed by atoms with van der Waals surface area (Å²) in [6, 6.07) is 9.09. The maximum absolute atomic E-state index is 12.2. The second kappa shape index (κ2) is 7.11. The van der Waals surface area contributed by atoms with Crippen LogP contribution in [0, 0.1) is 4.77 Å². The number of para-hydroxylation sites is 1. The third kappa shape index (κ3) is 3.32. The number of nitrogens with two attached hydrogens (primary N) is 1. The highest BCUT2D eigenvalue weighted by Gasteiger charge is 2.21. The van der Waals surface area contributed by atoms with Crippen LogP contribution in [0.2, 0.25) is 0 Å². The van der Waals surface area contributed by atoms with Crippen molar-refractivity contribution in [2.45, 2.75) is 37.8 Å². The summed E-state index contributed by atoms with van der Waals surface area (Å²) >= 11 is 5.18. The Hall–Kier alpha value is -2.25. The summed E-state index contributed by atoms with van der Waals surface area (Å²) in [7, 11) is 0. The maximum atomic E-state index is 12.2. The van der Waals surface area contributed by atoms with E-state index < -0.39 is 5.56 Å². The smallest absolute Gasteiger partial charge is 0.264 e. The van der Waals surface area contributed by atoms with Crippen molar-refractivity contribution in [2.24, 2.45) is 10.7 Å². The van der Waals surface area contributed by atoms with Gasteiger partial charge in [-0.3, -0.25) is 19.3 Å². The molecule has 1 aromatic carbocycles. The van der Waals surface area contributed by atoms with Gasteiger partial charge in [0.25, 0.3) is 5.56 Å². The molecule has 4 N–H and O–H groups in total. The zero-order chi connectivity index (χ0) is 17.1. The van der Waals surface area contributed by atoms with E-state index in [1.54, 1.807) is 12.1 Å². The number of rotatable bonds is 3. The van der Waals surface area contributed by atoms with Crippen LogP contribution in [-0.2, 0) is 0 Å². The lowest BCUT2D eigenvalue weighted by molar-refractivity contribution is 0.387. The van der Waals surface area contributed by atoms with Crippen molar-refractivity contribution in [3.05, 3.63) is 51.0 Å². The molecule has 0 saturated heterocycles. The molecule has 6 nitrogen and oxygen atoms in total. The number of H-pyrrole nitrogens is 1. The molecule has 1 heterocycles. The quantitative estimate of drug-likeness (QED) is 0.588. The first-order valence-corrected chi connectivity index (χ1v) is 8.41. The molecule has 1 aliphatic carbocycles. The fourth-order valence-electron chi connectivity index (χ4n) is 2.97. The van der Waals surface area contributed by atoms with Gasteiger partial charge in [0, 0.05) is 12.3 Å². The van der Waals surface area contributed by atoms with E-state index in [0.29, 0.717) is 5.69 Å². The Morgan fingerprint density at radius 3 is 2.71 bits per heavy atom. The summed E-state index contributed by atoms with van der Waals surface area (Å²) in [5, 5.41) is 10.6. The van der Waals surface area contributed by atoms with E-state index in [1.165, 1.54) is 10.8 Å². The molecule has 0 amide bonds. The zero-order valence-electron chi connectivity index (χ0n) is 13.2. The Morgan fingerprint density at radius 1 is 1.29 bits per heavy atom. The maximum Gasteiger partial charge on any atom is 0.264 e. The van der Waals surface area contributed by atoms with Crippen molar-refractivity contribution in [2.75, 3.05) is 0 Å². The fourth-order valence-corrected chi connectivity index (χ4v) is 3.25. The van der Waals surface area contributed by atoms with Gasteiger partial charge in [0.15, 0.2) is 4.77 Å². The van der Waals surface area contributed by atoms with Crippen molar-refractivity contribution in [3.8, 4) is 11.6 Å². The van der Waals surface area contributed by atoms with Gasteiger partial charge in [-0.15, -0.1) is 0 Å². The van der Waals surface area contributed by atoms with Gasteiger partial charge < -0.3 is 10.8 Å². The molecule has 126 valence electrons. The summed E-state index contributed by atoms with van der Waals surface area (Å²) in [5.74, 6) is -0.219. The van der Waals surface area contributed by atoms with Crippen LogP contribution in [-0.4, -0.2) is 33.0 Å². The molecule has 1 aromatic heterocycles. The van der Waals surface area contributed by atoms with E-state index in [2.05, 4.69) is 9.98 Å². The molecule has 0 radical (unpaired) electrons. The molecule has 0 bridgehead atoms. The van der Waals surface area contributed by atoms with Crippen LogP contribution in [0.25, 0.3) is 5.69 Å². The van der Waals surface area contributed by atoms with Gasteiger partial charge >= 0.3 is 0 Å². The Bertz CT molecular complexity index is 857. The molecule has 0 spiro atoms. The van der Waals surface area contributed by atoms with E-state index in [9.17, 15) is 9.90 Å². The minimum atomic E-state index is -0.460. The number of aliphatic imine (C=N–C) groups is 1. The van der Waals surface area contributed by atoms with Gasteiger partial charge in [0.2, 0.25) is 5.88 Å². The number of nitrogens with zero attached hydrogens (tertiary/aromatic N) is 2. The number of aromatic amines is 1. The summed E-state index contributed by atoms with van der Waals surface area (Å²) in [4.78, 5) is 19.2. The first-order valence-electron chi connectivity index (χ1n) is 8.00. The van der Waals surface area contributed by atoms with Crippen LogP contribution in [0.1, 0.15) is 31.2 Å². The predicted molar refractivity (Wildman–Crippen MR) is 96.7 cm³/mol. The summed E-state index contributed by atoms with van der Waals surface area (Å²) in [5.41, 5.74) is 6.37. The SMILES string of the molecule is N[C@H]1CCCC[C@H]1N=Cc1c(O)n(-c2ccccc2)c(=S)[nH]c1=O. The average molecular weight is 344 g/mol. The molecule has 0 aliphatic heterocycles. The largest absolute Gasteiger partial charge is 0.494 e. The summed E-state index contributed by atoms with van der Waals surface area (Å²) in [6.07, 6.45) is 5.43. The minimum absolute atomic E-state index is 0.00398. The second-order valence-corrected chi connectivity index (χ2v) is 6.35. The molecule has 1 aliphatic rings. The van der Waals surface area contributed by atoms with Gasteiger partial charge in [-0.2, -0.15) is 0 Å². The van der Waals surface area contributed by atoms with Crippen LogP contribution < -0.4 is 11.3 Å². The highest BCUT2D eigenvalue weighted by Crippen LogP contribution is 2.21. The zero-order valence-corrected chi connectivity index (χ0v) is 14.0. The molecule has 3 rings (SSSR count). The lowest BCUT2D eigenvalue weighted by Gasteiger charge is -2.25. The molecule has 7 heteroatoms. The van der Waals surface area contributed by atoms with Crippen molar-refractivity contribution >= 4 is 18.4 Å². The van der Waals surface area contributed by atoms with E-state index >= 15 is 0 Å². The highest BCUT2D eigenvalue weighted by molar-refractivity contribution is 7.71. The Balaban J connectivity index is 2.02. The molecule has 1 fully saturated rings. The van der Waals surface area contributed by atoms with Crippen molar-refractivity contribution in [3.63, 3.8) is 0 Å². The van der Waals surface area contributed by atoms with Gasteiger partial charge in [-0.25, -0.2) is 0 Å². The topological polar surface area (TPSA) is 96.4 Å². The molecule has 24 heavy (non-hydrogen) atoms. The normalized spacial score (nSPS) is 21.2. The average Bonchev–Trinajstić information content (AvgIpc) is 2.57. The lowest BCUT2D eigenvalue weighted by Crippen LogP contribution is -2.36. The van der Waals surface area contributed by atoms with Gasteiger partial charge in [-0.1, -0.05) is 31.0 Å². The fraction of sp³-hybridized carbons (Fsp3) is 0.353. The number of hydrogen-bond acceptors (Lipinski definition) is 5. The van der Waals surface area contributed by atoms with Gasteiger partial charge in [-0.05, 0) is 37.2 Å². The van der Waals surface area contributed by atoms with Crippen LogP contribution in [0.15, 0.2) is 40.1 Å². The summed E-state index contributed by atoms with van der Waals surface area (Å²) < 4.78 is 1.55. The summed E-state index contributed by atoms with van der Waals surface area (Å²) in [6.45, 7) is 0. The van der Waals surface area contributed by atoms with Crippen LogP contribution in [0.4, 0.5) is 0 Å². The number of benzene rings is 1. The Labute approximate surface area is 144 Å². The molecule has 2 aromatic rings. The van der Waals surface area contributed by atoms with Gasteiger partial charge in [0.05, 0.1) is 11.7 Å². The van der Waals surface area contributed by atoms with Crippen molar-refractivity contribution in [1.29, 1.82) is 0 Å². The second-order valence-electron chi connectivity index (χ2n) is 5.96. The molecular formula is C17H20N4O2S. The van der Waals surface area contributed by atoms with Crippen LogP contribution in [0.5, 0.6) is 5.88 Å². The standard InChI is InChI=1S/C17H20N4O2S/c18-13-8-4-5-9-14(13)19-10-12-15(22)20-17(24)21(16(12)23)11-6-2-1-3-7-11/h1-3,6-7,10,13-14,23H,4-5,8-9,18H2,(H,20,22,24)/t13-,14+/m0/s1. The molecule has 0 unspecified atom stereocenters. The number of hydrogen-bond donors (Lipinski definition) is 3. The van der Waals surface area contributed by atoms with Crippen LogP contribution in [0.3, 0.4) is 0 Å². The molecular weight excluding hydrogens is 324 g/mol. The molecule has 2 atom stereocenters. The van der Waals surface area contributed by atoms with E-state index in [0.717, 1.165) is 25.7 Å². The number of aromatic hydroxyl groups is 1. The van der Waals surface area contributed by atoms with Crippen LogP contribution >= 0.6 is 12.2 Å². The molecule has 1 saturated carbocycles. The minimum Gasteiger partial charge on any atom is -0.494 e. The number of nitrogens with one attached hydrogen (secondary N) is 1. The third-order valence-electron chi connectivity index (χ3n) is 4.31. The first-order chi connectivity index (χ1) is 11.6.